The molecule has 0 radical (unpaired) electrons. The summed E-state index contributed by atoms with van der Waals surface area (Å²) in [5.74, 6) is 0.425. The summed E-state index contributed by atoms with van der Waals surface area (Å²) in [7, 11) is 0. The number of benzene rings is 1. The number of halogens is 1. The fourth-order valence-electron chi connectivity index (χ4n) is 1.34. The second-order valence-electron chi connectivity index (χ2n) is 3.93. The summed E-state index contributed by atoms with van der Waals surface area (Å²) in [5.41, 5.74) is 7.11. The van der Waals surface area contributed by atoms with E-state index in [2.05, 4.69) is 40.8 Å². The van der Waals surface area contributed by atoms with Gasteiger partial charge in [0.25, 0.3) is 0 Å². The largest absolute Gasteiger partial charge is 0.322 e. The van der Waals surface area contributed by atoms with Gasteiger partial charge in [0.15, 0.2) is 0 Å². The lowest BCUT2D eigenvalue weighted by Gasteiger charge is -2.11. The zero-order valence-corrected chi connectivity index (χ0v) is 11.1. The number of nitrogens with zero attached hydrogens (tertiary/aromatic N) is 1. The number of fused-ring (bicyclic) bond motifs is 1. The topological polar surface area (TPSA) is 38.9 Å². The van der Waals surface area contributed by atoms with Crippen LogP contribution in [0.1, 0.15) is 24.9 Å². The third kappa shape index (κ3) is 2.22. The van der Waals surface area contributed by atoms with E-state index in [1.54, 1.807) is 11.3 Å². The smallest absolute Gasteiger partial charge is 0.111 e. The van der Waals surface area contributed by atoms with E-state index in [9.17, 15) is 0 Å². The molecule has 0 spiro atoms. The van der Waals surface area contributed by atoms with Crippen LogP contribution in [0.2, 0.25) is 0 Å². The minimum Gasteiger partial charge on any atom is -0.322 e. The first-order valence-corrected chi connectivity index (χ1v) is 6.50. The predicted molar refractivity (Wildman–Crippen MR) is 69.1 cm³/mol. The van der Waals surface area contributed by atoms with Gasteiger partial charge < -0.3 is 5.73 Å². The summed E-state index contributed by atoms with van der Waals surface area (Å²) < 4.78 is 2.28. The Morgan fingerprint density at radius 1 is 1.40 bits per heavy atom. The van der Waals surface area contributed by atoms with Crippen molar-refractivity contribution in [2.45, 2.75) is 19.9 Å². The van der Waals surface area contributed by atoms with E-state index < -0.39 is 0 Å². The van der Waals surface area contributed by atoms with Gasteiger partial charge >= 0.3 is 0 Å². The first-order valence-electron chi connectivity index (χ1n) is 4.89. The van der Waals surface area contributed by atoms with Crippen molar-refractivity contribution in [3.63, 3.8) is 0 Å². The van der Waals surface area contributed by atoms with Gasteiger partial charge in [0.2, 0.25) is 0 Å². The highest BCUT2D eigenvalue weighted by molar-refractivity contribution is 9.10. The third-order valence-electron chi connectivity index (χ3n) is 2.37. The van der Waals surface area contributed by atoms with Gasteiger partial charge in [0.1, 0.15) is 5.01 Å². The first-order chi connectivity index (χ1) is 7.08. The van der Waals surface area contributed by atoms with Crippen molar-refractivity contribution < 1.29 is 0 Å². The van der Waals surface area contributed by atoms with Gasteiger partial charge in [-0.1, -0.05) is 29.8 Å². The molecule has 1 atom stereocenters. The highest BCUT2D eigenvalue weighted by atomic mass is 79.9. The van der Waals surface area contributed by atoms with Crippen molar-refractivity contribution in [2.24, 2.45) is 11.7 Å². The quantitative estimate of drug-likeness (QED) is 0.913. The van der Waals surface area contributed by atoms with Gasteiger partial charge in [-0.05, 0) is 24.1 Å². The van der Waals surface area contributed by atoms with Crippen LogP contribution >= 0.6 is 27.3 Å². The maximum atomic E-state index is 6.08. The Morgan fingerprint density at radius 2 is 2.13 bits per heavy atom. The molecule has 2 N–H and O–H groups in total. The molecule has 0 aliphatic rings. The summed E-state index contributed by atoms with van der Waals surface area (Å²) >= 11 is 5.14. The maximum absolute atomic E-state index is 6.08. The molecule has 1 unspecified atom stereocenters. The van der Waals surface area contributed by atoms with Gasteiger partial charge in [-0.15, -0.1) is 11.3 Å². The van der Waals surface area contributed by atoms with E-state index >= 15 is 0 Å². The number of hydrogen-bond acceptors (Lipinski definition) is 3. The van der Waals surface area contributed by atoms with Crippen LogP contribution in [-0.4, -0.2) is 4.98 Å². The standard InChI is InChI=1S/C11H13BrN2S/c1-6(2)10(13)11-14-8-4-3-7(12)5-9(8)15-11/h3-6,10H,13H2,1-2H3. The molecule has 1 aromatic heterocycles. The first kappa shape index (κ1) is 11.0. The maximum Gasteiger partial charge on any atom is 0.111 e. The SMILES string of the molecule is CC(C)C(N)c1nc2ccc(Br)cc2s1. The van der Waals surface area contributed by atoms with E-state index in [-0.39, 0.29) is 6.04 Å². The Kier molecular flexibility index (Phi) is 3.09. The molecule has 0 amide bonds. The summed E-state index contributed by atoms with van der Waals surface area (Å²) in [6.07, 6.45) is 0. The van der Waals surface area contributed by atoms with Crippen LogP contribution in [0.5, 0.6) is 0 Å². The zero-order chi connectivity index (χ0) is 11.0. The highest BCUT2D eigenvalue weighted by Gasteiger charge is 2.15. The molecule has 15 heavy (non-hydrogen) atoms. The van der Waals surface area contributed by atoms with Crippen LogP contribution in [0.3, 0.4) is 0 Å². The Bertz CT molecular complexity index is 478. The van der Waals surface area contributed by atoms with Crippen LogP contribution in [0.4, 0.5) is 0 Å². The van der Waals surface area contributed by atoms with Crippen LogP contribution < -0.4 is 5.73 Å². The molecule has 2 rings (SSSR count). The van der Waals surface area contributed by atoms with Gasteiger partial charge in [0.05, 0.1) is 16.3 Å². The molecule has 0 fully saturated rings. The predicted octanol–water partition coefficient (Wildman–Crippen LogP) is 3.71. The van der Waals surface area contributed by atoms with Crippen molar-refractivity contribution >= 4 is 37.5 Å². The van der Waals surface area contributed by atoms with Gasteiger partial charge in [-0.25, -0.2) is 4.98 Å². The molecule has 80 valence electrons. The number of thiazole rings is 1. The van der Waals surface area contributed by atoms with Crippen LogP contribution in [-0.2, 0) is 0 Å². The summed E-state index contributed by atoms with van der Waals surface area (Å²) in [4.78, 5) is 4.55. The monoisotopic (exact) mass is 284 g/mol. The number of hydrogen-bond donors (Lipinski definition) is 1. The summed E-state index contributed by atoms with van der Waals surface area (Å²) in [5, 5.41) is 1.03. The van der Waals surface area contributed by atoms with Gasteiger partial charge in [0, 0.05) is 4.47 Å². The van der Waals surface area contributed by atoms with Crippen molar-refractivity contribution in [1.82, 2.24) is 4.98 Å². The minimum atomic E-state index is 0.0428. The number of nitrogens with two attached hydrogens (primary N) is 1. The van der Waals surface area contributed by atoms with E-state index in [4.69, 9.17) is 5.73 Å². The number of aromatic nitrogens is 1. The molecule has 0 aliphatic carbocycles. The highest BCUT2D eigenvalue weighted by Crippen LogP contribution is 2.30. The molecule has 2 aromatic rings. The molecular weight excluding hydrogens is 272 g/mol. The Morgan fingerprint density at radius 3 is 2.80 bits per heavy atom. The second kappa shape index (κ2) is 4.20. The van der Waals surface area contributed by atoms with Crippen LogP contribution in [0, 0.1) is 5.92 Å². The molecular formula is C11H13BrN2S. The van der Waals surface area contributed by atoms with Crippen molar-refractivity contribution in [2.75, 3.05) is 0 Å². The molecule has 4 heteroatoms. The van der Waals surface area contributed by atoms with Crippen LogP contribution in [0.15, 0.2) is 22.7 Å². The van der Waals surface area contributed by atoms with Gasteiger partial charge in [-0.3, -0.25) is 0 Å². The van der Waals surface area contributed by atoms with Crippen molar-refractivity contribution in [3.05, 3.63) is 27.7 Å². The van der Waals surface area contributed by atoms with Crippen molar-refractivity contribution in [1.29, 1.82) is 0 Å². The summed E-state index contributed by atoms with van der Waals surface area (Å²) in [6, 6.07) is 6.16. The normalized spacial score (nSPS) is 13.7. The third-order valence-corrected chi connectivity index (χ3v) is 3.98. The minimum absolute atomic E-state index is 0.0428. The zero-order valence-electron chi connectivity index (χ0n) is 8.70. The van der Waals surface area contributed by atoms with E-state index in [0.29, 0.717) is 5.92 Å². The molecule has 0 aliphatic heterocycles. The fraction of sp³-hybridized carbons (Fsp3) is 0.364. The molecule has 0 bridgehead atoms. The van der Waals surface area contributed by atoms with E-state index in [0.717, 1.165) is 15.0 Å². The van der Waals surface area contributed by atoms with Gasteiger partial charge in [-0.2, -0.15) is 0 Å². The molecule has 1 heterocycles. The lowest BCUT2D eigenvalue weighted by Crippen LogP contribution is -2.16. The Labute approximate surface area is 102 Å². The molecule has 2 nitrogen and oxygen atoms in total. The van der Waals surface area contributed by atoms with E-state index in [1.807, 2.05) is 12.1 Å². The molecule has 0 saturated heterocycles. The fourth-order valence-corrected chi connectivity index (χ4v) is 3.04. The number of rotatable bonds is 2. The van der Waals surface area contributed by atoms with Crippen LogP contribution in [0.25, 0.3) is 10.2 Å². The Hall–Kier alpha value is -0.450. The molecule has 0 saturated carbocycles. The summed E-state index contributed by atoms with van der Waals surface area (Å²) in [6.45, 7) is 4.24. The van der Waals surface area contributed by atoms with E-state index in [1.165, 1.54) is 4.70 Å². The average Bonchev–Trinajstić information content (AvgIpc) is 2.58. The lowest BCUT2D eigenvalue weighted by atomic mass is 10.1. The average molecular weight is 285 g/mol. The second-order valence-corrected chi connectivity index (χ2v) is 5.91. The Balaban J connectivity index is 2.47. The lowest BCUT2D eigenvalue weighted by molar-refractivity contribution is 0.513. The molecule has 1 aromatic carbocycles. The van der Waals surface area contributed by atoms with Crippen molar-refractivity contribution in [3.8, 4) is 0 Å².